The summed E-state index contributed by atoms with van der Waals surface area (Å²) >= 11 is 0. The molecular formula is C17H20F2N4O4. The number of imide groups is 1. The molecule has 1 aromatic rings. The third kappa shape index (κ3) is 4.39. The Morgan fingerprint density at radius 3 is 2.52 bits per heavy atom. The highest BCUT2D eigenvalue weighted by Crippen LogP contribution is 2.31. The van der Waals surface area contributed by atoms with Crippen molar-refractivity contribution >= 4 is 23.8 Å². The molecule has 5 amide bonds. The summed E-state index contributed by atoms with van der Waals surface area (Å²) in [7, 11) is 0. The van der Waals surface area contributed by atoms with E-state index in [1.807, 2.05) is 0 Å². The number of urea groups is 1. The van der Waals surface area contributed by atoms with Crippen molar-refractivity contribution < 1.29 is 28.0 Å². The summed E-state index contributed by atoms with van der Waals surface area (Å²) in [6.07, 6.45) is 0. The molecule has 2 rings (SSSR count). The van der Waals surface area contributed by atoms with Crippen molar-refractivity contribution in [2.45, 2.75) is 32.4 Å². The first-order chi connectivity index (χ1) is 12.5. The van der Waals surface area contributed by atoms with Gasteiger partial charge in [0.2, 0.25) is 11.8 Å². The maximum Gasteiger partial charge on any atom is 0.325 e. The lowest BCUT2D eigenvalue weighted by atomic mass is 9.91. The summed E-state index contributed by atoms with van der Waals surface area (Å²) in [6, 6.07) is 1.51. The van der Waals surface area contributed by atoms with Gasteiger partial charge in [-0.15, -0.1) is 0 Å². The molecule has 0 unspecified atom stereocenters. The number of hydrogen-bond acceptors (Lipinski definition) is 4. The van der Waals surface area contributed by atoms with E-state index in [1.165, 1.54) is 6.92 Å². The van der Waals surface area contributed by atoms with E-state index >= 15 is 0 Å². The molecule has 146 valence electrons. The molecule has 0 aliphatic carbocycles. The van der Waals surface area contributed by atoms with Crippen LogP contribution in [0.2, 0.25) is 0 Å². The van der Waals surface area contributed by atoms with Gasteiger partial charge < -0.3 is 16.0 Å². The highest BCUT2D eigenvalue weighted by Gasteiger charge is 2.50. The van der Waals surface area contributed by atoms with Gasteiger partial charge in [-0.3, -0.25) is 19.3 Å². The number of nitrogens with zero attached hydrogens (tertiary/aromatic N) is 1. The average molecular weight is 382 g/mol. The van der Waals surface area contributed by atoms with Gasteiger partial charge in [-0.1, -0.05) is 0 Å². The van der Waals surface area contributed by atoms with Crippen LogP contribution in [0.4, 0.5) is 13.6 Å². The lowest BCUT2D eigenvalue weighted by Crippen LogP contribution is -2.46. The molecule has 1 aliphatic heterocycles. The minimum Gasteiger partial charge on any atom is -0.352 e. The number of hydrogen-bond donors (Lipinski definition) is 3. The van der Waals surface area contributed by atoms with Gasteiger partial charge in [0.1, 0.15) is 23.7 Å². The Hall–Kier alpha value is -3.04. The van der Waals surface area contributed by atoms with Crippen LogP contribution in [0.5, 0.6) is 0 Å². The van der Waals surface area contributed by atoms with E-state index in [9.17, 15) is 28.0 Å². The van der Waals surface area contributed by atoms with Crippen LogP contribution in [0.1, 0.15) is 26.3 Å². The number of nitrogens with one attached hydrogen (secondary N) is 3. The highest BCUT2D eigenvalue weighted by molar-refractivity contribution is 6.09. The van der Waals surface area contributed by atoms with Gasteiger partial charge in [0.05, 0.1) is 6.54 Å². The van der Waals surface area contributed by atoms with Gasteiger partial charge in [-0.05, 0) is 39.0 Å². The molecule has 0 spiro atoms. The Morgan fingerprint density at radius 2 is 1.89 bits per heavy atom. The van der Waals surface area contributed by atoms with E-state index in [0.29, 0.717) is 4.90 Å². The van der Waals surface area contributed by atoms with Crippen molar-refractivity contribution in [3.8, 4) is 0 Å². The zero-order valence-corrected chi connectivity index (χ0v) is 15.1. The maximum absolute atomic E-state index is 14.1. The Balaban J connectivity index is 2.08. The van der Waals surface area contributed by atoms with Crippen LogP contribution in [0.3, 0.4) is 0 Å². The molecule has 3 N–H and O–H groups in total. The summed E-state index contributed by atoms with van der Waals surface area (Å²) < 4.78 is 27.5. The Labute approximate surface area is 154 Å². The second-order valence-electron chi connectivity index (χ2n) is 6.57. The molecule has 0 saturated carbocycles. The molecule has 0 bridgehead atoms. The molecular weight excluding hydrogens is 362 g/mol. The second-order valence-corrected chi connectivity index (χ2v) is 6.57. The summed E-state index contributed by atoms with van der Waals surface area (Å²) in [5, 5.41) is 7.13. The van der Waals surface area contributed by atoms with Gasteiger partial charge in [0.25, 0.3) is 5.91 Å². The average Bonchev–Trinajstić information content (AvgIpc) is 2.78. The predicted octanol–water partition coefficient (Wildman–Crippen LogP) is 0.373. The van der Waals surface area contributed by atoms with Crippen LogP contribution in [0.25, 0.3) is 0 Å². The quantitative estimate of drug-likeness (QED) is 0.618. The molecule has 1 aliphatic rings. The third-order valence-corrected chi connectivity index (χ3v) is 3.94. The standard InChI is InChI=1S/C17H20F2N4O4/c1-9(2)21-13(24)7-20-14(25)8-23-15(26)17(3,22-16(23)27)11-6-10(18)4-5-12(11)19/h4-6,9H,7-8H2,1-3H3,(H,20,25)(H,21,24)(H,22,27)/t17-/m0/s1. The second kappa shape index (κ2) is 7.68. The summed E-state index contributed by atoms with van der Waals surface area (Å²) in [5.74, 6) is -3.73. The van der Waals surface area contributed by atoms with Crippen molar-refractivity contribution in [2.24, 2.45) is 0 Å². The van der Waals surface area contributed by atoms with E-state index in [0.717, 1.165) is 18.2 Å². The van der Waals surface area contributed by atoms with E-state index in [4.69, 9.17) is 0 Å². The van der Waals surface area contributed by atoms with Gasteiger partial charge >= 0.3 is 6.03 Å². The number of carbonyl (C=O) groups is 4. The van der Waals surface area contributed by atoms with Crippen molar-refractivity contribution in [1.29, 1.82) is 0 Å². The number of halogens is 2. The van der Waals surface area contributed by atoms with Crippen LogP contribution in [-0.2, 0) is 19.9 Å². The van der Waals surface area contributed by atoms with E-state index < -0.39 is 47.5 Å². The number of rotatable bonds is 6. The van der Waals surface area contributed by atoms with Crippen LogP contribution in [0, 0.1) is 11.6 Å². The SMILES string of the molecule is CC(C)NC(=O)CNC(=O)CN1C(=O)N[C@@](C)(c2cc(F)ccc2F)C1=O. The van der Waals surface area contributed by atoms with Crippen LogP contribution >= 0.6 is 0 Å². The maximum atomic E-state index is 14.1. The molecule has 10 heteroatoms. The van der Waals surface area contributed by atoms with Gasteiger partial charge in [0.15, 0.2) is 0 Å². The lowest BCUT2D eigenvalue weighted by molar-refractivity contribution is -0.135. The third-order valence-electron chi connectivity index (χ3n) is 3.94. The molecule has 1 fully saturated rings. The number of carbonyl (C=O) groups excluding carboxylic acids is 4. The summed E-state index contributed by atoms with van der Waals surface area (Å²) in [6.45, 7) is 3.74. The molecule has 0 aromatic heterocycles. The largest absolute Gasteiger partial charge is 0.352 e. The van der Waals surface area contributed by atoms with Crippen molar-refractivity contribution in [3.05, 3.63) is 35.4 Å². The fourth-order valence-corrected chi connectivity index (χ4v) is 2.66. The van der Waals surface area contributed by atoms with Gasteiger partial charge in [-0.25, -0.2) is 13.6 Å². The van der Waals surface area contributed by atoms with E-state index in [-0.39, 0.29) is 18.2 Å². The van der Waals surface area contributed by atoms with E-state index in [1.54, 1.807) is 13.8 Å². The number of amides is 5. The zero-order valence-electron chi connectivity index (χ0n) is 15.1. The minimum absolute atomic E-state index is 0.109. The monoisotopic (exact) mass is 382 g/mol. The van der Waals surface area contributed by atoms with Crippen LogP contribution in [0.15, 0.2) is 18.2 Å². The topological polar surface area (TPSA) is 108 Å². The zero-order chi connectivity index (χ0) is 20.4. The van der Waals surface area contributed by atoms with Crippen molar-refractivity contribution in [2.75, 3.05) is 13.1 Å². The first-order valence-electron chi connectivity index (χ1n) is 8.20. The minimum atomic E-state index is -1.85. The van der Waals surface area contributed by atoms with E-state index in [2.05, 4.69) is 16.0 Å². The first kappa shape index (κ1) is 20.3. The fraction of sp³-hybridized carbons (Fsp3) is 0.412. The molecule has 27 heavy (non-hydrogen) atoms. The molecule has 1 atom stereocenters. The fourth-order valence-electron chi connectivity index (χ4n) is 2.66. The Kier molecular flexibility index (Phi) is 5.77. The summed E-state index contributed by atoms with van der Waals surface area (Å²) in [5.41, 5.74) is -2.20. The molecule has 8 nitrogen and oxygen atoms in total. The Bertz CT molecular complexity index is 799. The van der Waals surface area contributed by atoms with Gasteiger partial charge in [-0.2, -0.15) is 0 Å². The normalized spacial score (nSPS) is 19.3. The summed E-state index contributed by atoms with van der Waals surface area (Å²) in [4.78, 5) is 48.8. The highest BCUT2D eigenvalue weighted by atomic mass is 19.1. The van der Waals surface area contributed by atoms with Crippen molar-refractivity contribution in [3.63, 3.8) is 0 Å². The van der Waals surface area contributed by atoms with Crippen molar-refractivity contribution in [1.82, 2.24) is 20.9 Å². The van der Waals surface area contributed by atoms with Crippen LogP contribution in [-0.4, -0.2) is 47.8 Å². The molecule has 1 heterocycles. The van der Waals surface area contributed by atoms with Gasteiger partial charge in [0, 0.05) is 11.6 Å². The molecule has 0 radical (unpaired) electrons. The molecule has 1 saturated heterocycles. The first-order valence-corrected chi connectivity index (χ1v) is 8.20. The Morgan fingerprint density at radius 1 is 1.22 bits per heavy atom. The smallest absolute Gasteiger partial charge is 0.325 e. The number of benzene rings is 1. The lowest BCUT2D eigenvalue weighted by Gasteiger charge is -2.22. The molecule has 1 aromatic carbocycles. The predicted molar refractivity (Wildman–Crippen MR) is 90.2 cm³/mol. The van der Waals surface area contributed by atoms with Crippen LogP contribution < -0.4 is 16.0 Å².